The van der Waals surface area contributed by atoms with Gasteiger partial charge in [-0.2, -0.15) is 0 Å². The highest BCUT2D eigenvalue weighted by Crippen LogP contribution is 2.26. The zero-order chi connectivity index (χ0) is 11.7. The Bertz CT molecular complexity index is 517. The summed E-state index contributed by atoms with van der Waals surface area (Å²) in [7, 11) is 0. The van der Waals surface area contributed by atoms with Crippen LogP contribution in [0.2, 0.25) is 5.02 Å². The van der Waals surface area contributed by atoms with Crippen LogP contribution in [0, 0.1) is 20.8 Å². The van der Waals surface area contributed by atoms with Crippen LogP contribution >= 0.6 is 22.9 Å². The van der Waals surface area contributed by atoms with Crippen molar-refractivity contribution in [3.8, 4) is 0 Å². The third-order valence-corrected chi connectivity index (χ3v) is 4.22. The molecule has 0 aliphatic rings. The van der Waals surface area contributed by atoms with E-state index in [0.717, 1.165) is 22.0 Å². The second kappa shape index (κ2) is 4.56. The third kappa shape index (κ3) is 2.28. The lowest BCUT2D eigenvalue weighted by atomic mass is 10.0. The largest absolute Gasteiger partial charge is 0.250 e. The van der Waals surface area contributed by atoms with Crippen molar-refractivity contribution in [3.63, 3.8) is 0 Å². The molecule has 0 bridgehead atoms. The van der Waals surface area contributed by atoms with E-state index in [9.17, 15) is 0 Å². The Labute approximate surface area is 105 Å². The summed E-state index contributed by atoms with van der Waals surface area (Å²) in [5.41, 5.74) is 3.62. The molecule has 0 aliphatic carbocycles. The monoisotopic (exact) mass is 251 g/mol. The minimum Gasteiger partial charge on any atom is -0.250 e. The lowest BCUT2D eigenvalue weighted by molar-refractivity contribution is 1.16. The molecule has 0 saturated carbocycles. The summed E-state index contributed by atoms with van der Waals surface area (Å²) in [6.07, 6.45) is 2.88. The fourth-order valence-electron chi connectivity index (χ4n) is 1.73. The average molecular weight is 252 g/mol. The Morgan fingerprint density at radius 1 is 1.25 bits per heavy atom. The Balaban J connectivity index is 2.32. The Kier molecular flexibility index (Phi) is 3.31. The van der Waals surface area contributed by atoms with Crippen molar-refractivity contribution in [2.24, 2.45) is 0 Å². The highest BCUT2D eigenvalue weighted by atomic mass is 35.5. The smallest absolute Gasteiger partial charge is 0.0896 e. The summed E-state index contributed by atoms with van der Waals surface area (Å²) < 4.78 is 0. The molecule has 1 nitrogen and oxygen atoms in total. The van der Waals surface area contributed by atoms with Crippen LogP contribution in [0.25, 0.3) is 0 Å². The summed E-state index contributed by atoms with van der Waals surface area (Å²) in [5.74, 6) is 0. The highest BCUT2D eigenvalue weighted by molar-refractivity contribution is 7.11. The van der Waals surface area contributed by atoms with Crippen LogP contribution in [-0.2, 0) is 6.42 Å². The van der Waals surface area contributed by atoms with Gasteiger partial charge in [-0.3, -0.25) is 0 Å². The molecule has 2 aromatic rings. The minimum absolute atomic E-state index is 0.888. The van der Waals surface area contributed by atoms with Crippen molar-refractivity contribution in [1.82, 2.24) is 4.98 Å². The van der Waals surface area contributed by atoms with Crippen LogP contribution in [0.15, 0.2) is 18.3 Å². The van der Waals surface area contributed by atoms with Gasteiger partial charge in [0.25, 0.3) is 0 Å². The molecule has 0 amide bonds. The van der Waals surface area contributed by atoms with Crippen molar-refractivity contribution in [2.45, 2.75) is 27.2 Å². The lowest BCUT2D eigenvalue weighted by Gasteiger charge is -2.08. The fourth-order valence-corrected chi connectivity index (χ4v) is 2.73. The zero-order valence-electron chi connectivity index (χ0n) is 9.67. The highest BCUT2D eigenvalue weighted by Gasteiger charge is 2.07. The van der Waals surface area contributed by atoms with Crippen molar-refractivity contribution >= 4 is 22.9 Å². The molecule has 16 heavy (non-hydrogen) atoms. The Hall–Kier alpha value is -0.860. The number of aromatic nitrogens is 1. The molecule has 1 heterocycles. The normalized spacial score (nSPS) is 10.8. The summed E-state index contributed by atoms with van der Waals surface area (Å²) in [4.78, 5) is 5.56. The van der Waals surface area contributed by atoms with Crippen molar-refractivity contribution in [1.29, 1.82) is 0 Å². The second-order valence-electron chi connectivity index (χ2n) is 4.00. The Morgan fingerprint density at radius 3 is 2.62 bits per heavy atom. The maximum atomic E-state index is 6.24. The van der Waals surface area contributed by atoms with Gasteiger partial charge in [0.1, 0.15) is 0 Å². The van der Waals surface area contributed by atoms with Gasteiger partial charge in [0.15, 0.2) is 0 Å². The van der Waals surface area contributed by atoms with Crippen molar-refractivity contribution < 1.29 is 0 Å². The molecule has 0 N–H and O–H groups in total. The summed E-state index contributed by atoms with van der Waals surface area (Å²) in [6, 6.07) is 4.24. The average Bonchev–Trinajstić information content (AvgIpc) is 2.65. The van der Waals surface area contributed by atoms with Gasteiger partial charge < -0.3 is 0 Å². The van der Waals surface area contributed by atoms with E-state index in [-0.39, 0.29) is 0 Å². The van der Waals surface area contributed by atoms with Crippen molar-refractivity contribution in [3.05, 3.63) is 49.9 Å². The predicted molar refractivity (Wildman–Crippen MR) is 70.6 cm³/mol. The molecule has 2 rings (SSSR count). The van der Waals surface area contributed by atoms with Crippen LogP contribution in [0.5, 0.6) is 0 Å². The number of thiazole rings is 1. The molecular weight excluding hydrogens is 238 g/mol. The number of aryl methyl sites for hydroxylation is 2. The van der Waals surface area contributed by atoms with Crippen molar-refractivity contribution in [2.75, 3.05) is 0 Å². The second-order valence-corrected chi connectivity index (χ2v) is 5.70. The van der Waals surface area contributed by atoms with E-state index in [1.54, 1.807) is 11.3 Å². The van der Waals surface area contributed by atoms with E-state index in [1.807, 2.05) is 20.0 Å². The number of nitrogens with zero attached hydrogens (tertiary/aromatic N) is 1. The molecule has 0 atom stereocenters. The molecule has 0 unspecified atom stereocenters. The third-order valence-electron chi connectivity index (χ3n) is 2.73. The first kappa shape index (κ1) is 11.6. The van der Waals surface area contributed by atoms with Gasteiger partial charge in [-0.15, -0.1) is 11.3 Å². The van der Waals surface area contributed by atoms with Gasteiger partial charge in [-0.1, -0.05) is 23.7 Å². The standard InChI is InChI=1S/C13H14ClNS/c1-8-4-5-11(9(2)13(8)14)6-12-7-15-10(3)16-12/h4-5,7H,6H2,1-3H3. The summed E-state index contributed by atoms with van der Waals surface area (Å²) in [5, 5.41) is 2.00. The van der Waals surface area contributed by atoms with Gasteiger partial charge in [-0.25, -0.2) is 4.98 Å². The van der Waals surface area contributed by atoms with Gasteiger partial charge in [0.2, 0.25) is 0 Å². The van der Waals surface area contributed by atoms with E-state index in [4.69, 9.17) is 11.6 Å². The van der Waals surface area contributed by atoms with Crippen LogP contribution < -0.4 is 0 Å². The van der Waals surface area contributed by atoms with E-state index in [0.29, 0.717) is 0 Å². The number of benzene rings is 1. The molecule has 0 aliphatic heterocycles. The first-order valence-corrected chi connectivity index (χ1v) is 6.43. The van der Waals surface area contributed by atoms with Crippen LogP contribution in [0.1, 0.15) is 26.6 Å². The minimum atomic E-state index is 0.888. The zero-order valence-corrected chi connectivity index (χ0v) is 11.2. The van der Waals surface area contributed by atoms with E-state index < -0.39 is 0 Å². The van der Waals surface area contributed by atoms with E-state index in [1.165, 1.54) is 16.0 Å². The lowest BCUT2D eigenvalue weighted by Crippen LogP contribution is -1.92. The molecule has 0 fully saturated rings. The fraction of sp³-hybridized carbons (Fsp3) is 0.308. The number of hydrogen-bond acceptors (Lipinski definition) is 2. The topological polar surface area (TPSA) is 12.9 Å². The van der Waals surface area contributed by atoms with Gasteiger partial charge >= 0.3 is 0 Å². The Morgan fingerprint density at radius 2 is 2.00 bits per heavy atom. The summed E-state index contributed by atoms with van der Waals surface area (Å²) >= 11 is 7.99. The molecule has 3 heteroatoms. The molecule has 0 saturated heterocycles. The first-order chi connectivity index (χ1) is 7.58. The van der Waals surface area contributed by atoms with E-state index >= 15 is 0 Å². The first-order valence-electron chi connectivity index (χ1n) is 5.24. The maximum absolute atomic E-state index is 6.24. The molecule has 0 spiro atoms. The maximum Gasteiger partial charge on any atom is 0.0896 e. The van der Waals surface area contributed by atoms with Gasteiger partial charge in [-0.05, 0) is 37.5 Å². The molecule has 84 valence electrons. The molecule has 1 aromatic heterocycles. The quantitative estimate of drug-likeness (QED) is 0.775. The van der Waals surface area contributed by atoms with Gasteiger partial charge in [0, 0.05) is 22.5 Å². The van der Waals surface area contributed by atoms with Gasteiger partial charge in [0.05, 0.1) is 5.01 Å². The summed E-state index contributed by atoms with van der Waals surface area (Å²) in [6.45, 7) is 6.15. The van der Waals surface area contributed by atoms with Crippen LogP contribution in [0.3, 0.4) is 0 Å². The predicted octanol–water partition coefficient (Wildman–Crippen LogP) is 4.31. The number of hydrogen-bond donors (Lipinski definition) is 0. The van der Waals surface area contributed by atoms with E-state index in [2.05, 4.69) is 24.0 Å². The SMILES string of the molecule is Cc1ncc(Cc2ccc(C)c(Cl)c2C)s1. The molecular formula is C13H14ClNS. The number of halogens is 1. The number of rotatable bonds is 2. The van der Waals surface area contributed by atoms with Crippen LogP contribution in [-0.4, -0.2) is 4.98 Å². The molecule has 1 aromatic carbocycles. The van der Waals surface area contributed by atoms with Crippen LogP contribution in [0.4, 0.5) is 0 Å². The molecule has 0 radical (unpaired) electrons.